The molecular weight excluding hydrogens is 709 g/mol. The number of pyridine rings is 2. The topological polar surface area (TPSA) is 44.0 Å². The summed E-state index contributed by atoms with van der Waals surface area (Å²) in [5, 5.41) is 17.2. The number of hydrogen-bond acceptors (Lipinski definition) is 2. The van der Waals surface area contributed by atoms with Crippen molar-refractivity contribution in [2.75, 3.05) is 0 Å². The van der Waals surface area contributed by atoms with Crippen molar-refractivity contribution in [2.24, 2.45) is 14.1 Å². The first-order valence-corrected chi connectivity index (χ1v) is 19.8. The van der Waals surface area contributed by atoms with E-state index < -0.39 is 0 Å². The van der Waals surface area contributed by atoms with Crippen molar-refractivity contribution >= 4 is 108 Å². The van der Waals surface area contributed by atoms with Crippen molar-refractivity contribution < 1.29 is 0 Å². The van der Waals surface area contributed by atoms with Crippen LogP contribution in [0.4, 0.5) is 0 Å². The Balaban J connectivity index is 1.05. The highest BCUT2D eigenvalue weighted by atomic mass is 16.1. The molecule has 2 heterocycles. The summed E-state index contributed by atoms with van der Waals surface area (Å²) in [6.45, 7) is 0. The molecule has 11 aromatic carbocycles. The van der Waals surface area contributed by atoms with E-state index in [1.165, 1.54) is 64.6 Å². The van der Waals surface area contributed by atoms with Gasteiger partial charge in [0.1, 0.15) is 0 Å². The second kappa shape index (κ2) is 11.1. The highest BCUT2D eigenvalue weighted by Crippen LogP contribution is 2.41. The van der Waals surface area contributed by atoms with E-state index in [1.54, 1.807) is 0 Å². The molecule has 0 spiro atoms. The van der Waals surface area contributed by atoms with E-state index in [9.17, 15) is 9.59 Å². The number of nitrogens with zero attached hydrogens (tertiary/aromatic N) is 2. The average molecular weight is 741 g/mol. The van der Waals surface area contributed by atoms with Crippen molar-refractivity contribution in [3.05, 3.63) is 178 Å². The summed E-state index contributed by atoms with van der Waals surface area (Å²) in [5.74, 6) is 0. The fraction of sp³-hybridized carbons (Fsp3) is 0.0370. The lowest BCUT2D eigenvalue weighted by molar-refractivity contribution is 0.995. The van der Waals surface area contributed by atoms with Crippen LogP contribution < -0.4 is 10.9 Å². The van der Waals surface area contributed by atoms with Crippen LogP contribution in [0.2, 0.25) is 0 Å². The molecule has 270 valence electrons. The molecule has 4 nitrogen and oxygen atoms in total. The fourth-order valence-corrected chi connectivity index (χ4v) is 10.5. The van der Waals surface area contributed by atoms with Crippen LogP contribution in [0.3, 0.4) is 0 Å². The first kappa shape index (κ1) is 31.6. The van der Waals surface area contributed by atoms with Gasteiger partial charge in [-0.3, -0.25) is 9.59 Å². The van der Waals surface area contributed by atoms with Gasteiger partial charge in [-0.2, -0.15) is 0 Å². The first-order chi connectivity index (χ1) is 28.4. The Morgan fingerprint density at radius 2 is 0.638 bits per heavy atom. The van der Waals surface area contributed by atoms with Crippen molar-refractivity contribution in [3.63, 3.8) is 0 Å². The fourth-order valence-electron chi connectivity index (χ4n) is 10.5. The predicted molar refractivity (Wildman–Crippen MR) is 245 cm³/mol. The summed E-state index contributed by atoms with van der Waals surface area (Å²) in [6.07, 6.45) is 0. The van der Waals surface area contributed by atoms with Crippen molar-refractivity contribution in [1.82, 2.24) is 9.13 Å². The molecule has 58 heavy (non-hydrogen) atoms. The van der Waals surface area contributed by atoms with E-state index in [4.69, 9.17) is 0 Å². The zero-order chi connectivity index (χ0) is 38.6. The Morgan fingerprint density at radius 3 is 1.00 bits per heavy atom. The van der Waals surface area contributed by atoms with E-state index >= 15 is 0 Å². The van der Waals surface area contributed by atoms with Gasteiger partial charge in [0.15, 0.2) is 10.9 Å². The predicted octanol–water partition coefficient (Wildman–Crippen LogP) is 12.8. The molecule has 0 amide bonds. The third kappa shape index (κ3) is 4.03. The maximum atomic E-state index is 14.7. The van der Waals surface area contributed by atoms with Gasteiger partial charge in [0.05, 0.1) is 22.1 Å². The third-order valence-electron chi connectivity index (χ3n) is 13.1. The second-order valence-electron chi connectivity index (χ2n) is 16.1. The lowest BCUT2D eigenvalue weighted by atomic mass is 9.90. The van der Waals surface area contributed by atoms with Gasteiger partial charge in [0, 0.05) is 46.8 Å². The molecule has 2 aromatic heterocycles. The zero-order valence-corrected chi connectivity index (χ0v) is 31.7. The Kier molecular flexibility index (Phi) is 6.03. The Bertz CT molecular complexity index is 3700. The van der Waals surface area contributed by atoms with Crippen molar-refractivity contribution in [3.8, 4) is 22.3 Å². The van der Waals surface area contributed by atoms with E-state index in [2.05, 4.69) is 130 Å². The minimum absolute atomic E-state index is 0.0441. The third-order valence-corrected chi connectivity index (χ3v) is 13.1. The first-order valence-electron chi connectivity index (χ1n) is 19.8. The summed E-state index contributed by atoms with van der Waals surface area (Å²) < 4.78 is 4.21. The van der Waals surface area contributed by atoms with Crippen molar-refractivity contribution in [1.29, 1.82) is 0 Å². The summed E-state index contributed by atoms with van der Waals surface area (Å²) in [6, 6.07) is 55.4. The number of hydrogen-bond donors (Lipinski definition) is 0. The second-order valence-corrected chi connectivity index (χ2v) is 16.1. The number of rotatable bonds is 2. The largest absolute Gasteiger partial charge is 0.343 e. The quantitative estimate of drug-likeness (QED) is 0.131. The number of para-hydroxylation sites is 2. The molecule has 0 saturated heterocycles. The lowest BCUT2D eigenvalue weighted by Gasteiger charge is -2.19. The van der Waals surface area contributed by atoms with Gasteiger partial charge in [-0.05, 0) is 124 Å². The molecule has 13 aromatic rings. The standard InChI is InChI=1S/C54H32N2O2/c1-55-45-27-44-46(56(2)52-40(12-6-14-42(52)54(44)58)38-25-35-21-17-31-9-4-10-32-18-22-36(26-38)50(35)48(31)32)28-43(45)53(57)41-13-5-11-39(51(41)55)37-23-33-19-15-29-7-3-8-30-16-20-34(24-37)49(33)47(29)30/h3-28H,1-2H3. The van der Waals surface area contributed by atoms with Gasteiger partial charge < -0.3 is 9.13 Å². The Hall–Kier alpha value is -7.56. The molecule has 13 rings (SSSR count). The molecule has 0 aliphatic carbocycles. The van der Waals surface area contributed by atoms with Gasteiger partial charge in [-0.1, -0.05) is 109 Å². The van der Waals surface area contributed by atoms with Crippen molar-refractivity contribution in [2.45, 2.75) is 0 Å². The molecule has 0 atom stereocenters. The van der Waals surface area contributed by atoms with Crippen LogP contribution in [-0.2, 0) is 14.1 Å². The highest BCUT2D eigenvalue weighted by Gasteiger charge is 2.20. The number of fused-ring (bicyclic) bond motifs is 4. The maximum absolute atomic E-state index is 14.7. The van der Waals surface area contributed by atoms with E-state index in [-0.39, 0.29) is 10.9 Å². The lowest BCUT2D eigenvalue weighted by Crippen LogP contribution is -2.14. The summed E-state index contributed by atoms with van der Waals surface area (Å²) in [5.41, 5.74) is 7.13. The molecule has 0 aliphatic heterocycles. The molecule has 0 aliphatic rings. The SMILES string of the molecule is Cn1c2cc3c(=O)c4cccc(-c5cc6ccc7cccc8ccc(c5)c6c78)c4n(C)c3cc2c(=O)c2cccc(-c3cc4ccc5cccc6ccc(c3)c4c56)c21. The molecular formula is C54H32N2O2. The molecule has 0 bridgehead atoms. The van der Waals surface area contributed by atoms with Crippen LogP contribution in [0.5, 0.6) is 0 Å². The molecule has 0 radical (unpaired) electrons. The molecule has 4 heteroatoms. The van der Waals surface area contributed by atoms with E-state index in [0.717, 1.165) is 44.3 Å². The Morgan fingerprint density at radius 1 is 0.328 bits per heavy atom. The van der Waals surface area contributed by atoms with E-state index in [0.29, 0.717) is 21.5 Å². The van der Waals surface area contributed by atoms with Crippen LogP contribution >= 0.6 is 0 Å². The highest BCUT2D eigenvalue weighted by molar-refractivity contribution is 6.25. The van der Waals surface area contributed by atoms with Gasteiger partial charge in [-0.25, -0.2) is 0 Å². The summed E-state index contributed by atoms with van der Waals surface area (Å²) >= 11 is 0. The minimum Gasteiger partial charge on any atom is -0.343 e. The van der Waals surface area contributed by atoms with Crippen LogP contribution in [-0.4, -0.2) is 9.13 Å². The maximum Gasteiger partial charge on any atom is 0.197 e. The minimum atomic E-state index is -0.0441. The Labute approximate surface area is 330 Å². The number of aryl methyl sites for hydroxylation is 2. The monoisotopic (exact) mass is 740 g/mol. The zero-order valence-electron chi connectivity index (χ0n) is 31.7. The molecule has 0 unspecified atom stereocenters. The van der Waals surface area contributed by atoms with Crippen LogP contribution in [0, 0.1) is 0 Å². The van der Waals surface area contributed by atoms with E-state index in [1.807, 2.05) is 50.5 Å². The summed E-state index contributed by atoms with van der Waals surface area (Å²) in [7, 11) is 4.03. The molecule has 0 saturated carbocycles. The van der Waals surface area contributed by atoms with Crippen LogP contribution in [0.15, 0.2) is 167 Å². The number of benzene rings is 11. The van der Waals surface area contributed by atoms with Gasteiger partial charge in [0.25, 0.3) is 0 Å². The molecule has 0 N–H and O–H groups in total. The average Bonchev–Trinajstić information content (AvgIpc) is 3.27. The summed E-state index contributed by atoms with van der Waals surface area (Å²) in [4.78, 5) is 29.4. The van der Waals surface area contributed by atoms with Gasteiger partial charge in [-0.15, -0.1) is 0 Å². The smallest absolute Gasteiger partial charge is 0.197 e. The van der Waals surface area contributed by atoms with Gasteiger partial charge >= 0.3 is 0 Å². The van der Waals surface area contributed by atoms with Crippen LogP contribution in [0.25, 0.3) is 131 Å². The molecule has 0 fully saturated rings. The van der Waals surface area contributed by atoms with Gasteiger partial charge in [0.2, 0.25) is 0 Å². The van der Waals surface area contributed by atoms with Crippen LogP contribution in [0.1, 0.15) is 0 Å². The normalized spacial score (nSPS) is 12.4. The number of aromatic nitrogens is 2.